The van der Waals surface area contributed by atoms with Crippen LogP contribution in [0.3, 0.4) is 0 Å². The Bertz CT molecular complexity index is 812. The van der Waals surface area contributed by atoms with Crippen molar-refractivity contribution in [2.45, 2.75) is 89.9 Å². The Morgan fingerprint density at radius 3 is 1.27 bits per heavy atom. The Morgan fingerprint density at radius 2 is 1.00 bits per heavy atom. The molecule has 0 N–H and O–H groups in total. The van der Waals surface area contributed by atoms with Crippen LogP contribution in [0.1, 0.15) is 33.6 Å². The molecular weight excluding hydrogens is 342 g/mol. The van der Waals surface area contributed by atoms with Gasteiger partial charge in [-0.05, 0) is 19.8 Å². The molecule has 3 aliphatic heterocycles. The van der Waals surface area contributed by atoms with Crippen LogP contribution in [-0.2, 0) is 33.8 Å². The molecule has 4 rings (SSSR count). The molecule has 1 aromatic rings. The third kappa shape index (κ3) is 3.19. The van der Waals surface area contributed by atoms with Crippen molar-refractivity contribution in [3.8, 4) is 0 Å². The third-order valence-corrected chi connectivity index (χ3v) is 5.49. The molecule has 3 saturated heterocycles. The Balaban J connectivity index is 1.69. The molecule has 0 radical (unpaired) electrons. The smallest absolute Gasteiger partial charge is 0.336 e. The second-order valence-corrected chi connectivity index (χ2v) is 7.30. The number of epoxide rings is 3. The van der Waals surface area contributed by atoms with E-state index in [0.29, 0.717) is 0 Å². The summed E-state index contributed by atoms with van der Waals surface area (Å²) in [5.74, 6) is 0. The fourth-order valence-electron chi connectivity index (χ4n) is 3.51. The van der Waals surface area contributed by atoms with Crippen LogP contribution in [0.5, 0.6) is 0 Å². The van der Waals surface area contributed by atoms with Crippen molar-refractivity contribution < 1.29 is 14.2 Å². The van der Waals surface area contributed by atoms with Gasteiger partial charge in [0.1, 0.15) is 18.3 Å². The molecule has 6 atom stereocenters. The first-order valence-electron chi connectivity index (χ1n) is 9.35. The number of aromatic nitrogens is 3. The maximum absolute atomic E-state index is 12.8. The lowest BCUT2D eigenvalue weighted by Crippen LogP contribution is -2.56. The average Bonchev–Trinajstić information content (AvgIpc) is 3.51. The van der Waals surface area contributed by atoms with Crippen LogP contribution >= 0.6 is 0 Å². The van der Waals surface area contributed by atoms with Gasteiger partial charge in [0.25, 0.3) is 0 Å². The summed E-state index contributed by atoms with van der Waals surface area (Å²) in [6.07, 6.45) is 1.34. The van der Waals surface area contributed by atoms with Crippen LogP contribution in [-0.4, -0.2) is 50.3 Å². The molecule has 9 nitrogen and oxygen atoms in total. The summed E-state index contributed by atoms with van der Waals surface area (Å²) in [4.78, 5) is 38.4. The van der Waals surface area contributed by atoms with E-state index in [-0.39, 0.29) is 56.3 Å². The lowest BCUT2D eigenvalue weighted by atomic mass is 10.2. The van der Waals surface area contributed by atoms with Gasteiger partial charge < -0.3 is 14.2 Å². The summed E-state index contributed by atoms with van der Waals surface area (Å²) < 4.78 is 19.7. The minimum absolute atomic E-state index is 0.0163. The van der Waals surface area contributed by atoms with Crippen molar-refractivity contribution in [2.24, 2.45) is 0 Å². The normalized spacial score (nSPS) is 34.7. The minimum atomic E-state index is -0.590. The molecule has 0 aliphatic carbocycles. The SMILES string of the molecule is CCC1OC1Cn1c(=O)n(CC2OC2C)c(=O)n(CC2OC2CC)c1=O. The first-order valence-corrected chi connectivity index (χ1v) is 9.35. The van der Waals surface area contributed by atoms with Crippen LogP contribution in [0.25, 0.3) is 0 Å². The first kappa shape index (κ1) is 17.7. The van der Waals surface area contributed by atoms with Crippen LogP contribution in [0, 0.1) is 0 Å². The average molecular weight is 367 g/mol. The predicted molar refractivity (Wildman–Crippen MR) is 91.5 cm³/mol. The standard InChI is InChI=1S/C17H25N3O6/c1-4-10-13(25-10)7-19-15(21)18(6-12-9(3)24-12)16(22)20(17(19)23)8-14-11(5-2)26-14/h9-14H,4-8H2,1-3H3. The topological polar surface area (TPSA) is 104 Å². The van der Waals surface area contributed by atoms with Crippen molar-refractivity contribution in [3.05, 3.63) is 31.5 Å². The Morgan fingerprint density at radius 1 is 0.654 bits per heavy atom. The van der Waals surface area contributed by atoms with Gasteiger partial charge in [-0.2, -0.15) is 0 Å². The van der Waals surface area contributed by atoms with Crippen molar-refractivity contribution >= 4 is 0 Å². The zero-order valence-corrected chi connectivity index (χ0v) is 15.3. The largest absolute Gasteiger partial charge is 0.368 e. The minimum Gasteiger partial charge on any atom is -0.368 e. The van der Waals surface area contributed by atoms with Gasteiger partial charge in [0.05, 0.1) is 37.9 Å². The maximum Gasteiger partial charge on any atom is 0.336 e. The summed E-state index contributed by atoms with van der Waals surface area (Å²) in [5.41, 5.74) is -1.77. The van der Waals surface area contributed by atoms with Gasteiger partial charge in [0.2, 0.25) is 0 Å². The second-order valence-electron chi connectivity index (χ2n) is 7.30. The van der Waals surface area contributed by atoms with E-state index in [4.69, 9.17) is 14.2 Å². The van der Waals surface area contributed by atoms with Gasteiger partial charge in [0, 0.05) is 0 Å². The van der Waals surface area contributed by atoms with E-state index in [1.165, 1.54) is 0 Å². The Labute approximate surface area is 150 Å². The summed E-state index contributed by atoms with van der Waals surface area (Å²) >= 11 is 0. The quantitative estimate of drug-likeness (QED) is 0.564. The maximum atomic E-state index is 12.8. The molecule has 4 heterocycles. The lowest BCUT2D eigenvalue weighted by molar-refractivity contribution is 0.315. The van der Waals surface area contributed by atoms with Gasteiger partial charge in [0.15, 0.2) is 0 Å². The molecule has 9 heteroatoms. The highest BCUT2D eigenvalue weighted by Gasteiger charge is 2.41. The van der Waals surface area contributed by atoms with Crippen LogP contribution in [0.4, 0.5) is 0 Å². The molecule has 3 aliphatic rings. The van der Waals surface area contributed by atoms with Crippen LogP contribution < -0.4 is 17.1 Å². The molecule has 144 valence electrons. The van der Waals surface area contributed by atoms with Crippen LogP contribution in [0.2, 0.25) is 0 Å². The van der Waals surface area contributed by atoms with E-state index in [1.807, 2.05) is 20.8 Å². The van der Waals surface area contributed by atoms with E-state index in [1.54, 1.807) is 0 Å². The first-order chi connectivity index (χ1) is 12.4. The molecular formula is C17H25N3O6. The van der Waals surface area contributed by atoms with E-state index in [0.717, 1.165) is 26.5 Å². The number of nitrogens with zero attached hydrogens (tertiary/aromatic N) is 3. The molecule has 26 heavy (non-hydrogen) atoms. The number of ether oxygens (including phenoxy) is 3. The van der Waals surface area contributed by atoms with Crippen LogP contribution in [0.15, 0.2) is 14.4 Å². The highest BCUT2D eigenvalue weighted by Crippen LogP contribution is 2.27. The van der Waals surface area contributed by atoms with Crippen molar-refractivity contribution in [3.63, 3.8) is 0 Å². The van der Waals surface area contributed by atoms with E-state index < -0.39 is 17.1 Å². The van der Waals surface area contributed by atoms with Gasteiger partial charge in [-0.3, -0.25) is 0 Å². The summed E-state index contributed by atoms with van der Waals surface area (Å²) in [6.45, 7) is 6.37. The summed E-state index contributed by atoms with van der Waals surface area (Å²) in [5, 5.41) is 0. The van der Waals surface area contributed by atoms with Crippen molar-refractivity contribution in [1.29, 1.82) is 0 Å². The zero-order chi connectivity index (χ0) is 18.6. The van der Waals surface area contributed by atoms with E-state index in [9.17, 15) is 14.4 Å². The molecule has 0 aromatic carbocycles. The molecule has 0 amide bonds. The molecule has 0 spiro atoms. The lowest BCUT2D eigenvalue weighted by Gasteiger charge is -2.12. The fourth-order valence-corrected chi connectivity index (χ4v) is 3.51. The summed E-state index contributed by atoms with van der Waals surface area (Å²) in [7, 11) is 0. The van der Waals surface area contributed by atoms with Gasteiger partial charge in [-0.15, -0.1) is 0 Å². The van der Waals surface area contributed by atoms with Crippen molar-refractivity contribution in [2.75, 3.05) is 0 Å². The highest BCUT2D eigenvalue weighted by molar-refractivity contribution is 4.91. The molecule has 1 aromatic heterocycles. The van der Waals surface area contributed by atoms with Crippen molar-refractivity contribution in [1.82, 2.24) is 13.7 Å². The monoisotopic (exact) mass is 367 g/mol. The number of rotatable bonds is 8. The zero-order valence-electron chi connectivity index (χ0n) is 15.3. The Kier molecular flexibility index (Phi) is 4.40. The summed E-state index contributed by atoms with van der Waals surface area (Å²) in [6, 6.07) is 0. The predicted octanol–water partition coefficient (Wildman–Crippen LogP) is -0.686. The van der Waals surface area contributed by atoms with Gasteiger partial charge in [-0.25, -0.2) is 28.1 Å². The molecule has 3 fully saturated rings. The molecule has 6 unspecified atom stereocenters. The van der Waals surface area contributed by atoms with Gasteiger partial charge in [-0.1, -0.05) is 13.8 Å². The second kappa shape index (κ2) is 6.47. The number of hydrogen-bond acceptors (Lipinski definition) is 6. The molecule has 0 saturated carbocycles. The highest BCUT2D eigenvalue weighted by atomic mass is 16.6. The van der Waals surface area contributed by atoms with Gasteiger partial charge >= 0.3 is 17.1 Å². The molecule has 0 bridgehead atoms. The number of hydrogen-bond donors (Lipinski definition) is 0. The third-order valence-electron chi connectivity index (χ3n) is 5.49. The fraction of sp³-hybridized carbons (Fsp3) is 0.824. The van der Waals surface area contributed by atoms with E-state index >= 15 is 0 Å². The van der Waals surface area contributed by atoms with E-state index in [2.05, 4.69) is 0 Å². The Hall–Kier alpha value is -1.71.